The van der Waals surface area contributed by atoms with Crippen LogP contribution in [-0.2, 0) is 0 Å². The molecule has 3 nitrogen and oxygen atoms in total. The average molecular weight is 213 g/mol. The summed E-state index contributed by atoms with van der Waals surface area (Å²) in [7, 11) is 6.25. The van der Waals surface area contributed by atoms with Crippen LogP contribution in [0, 0.1) is 11.8 Å². The molecule has 1 aliphatic carbocycles. The molecule has 0 radical (unpaired) electrons. The molecule has 0 aromatic rings. The van der Waals surface area contributed by atoms with Crippen molar-refractivity contribution in [3.8, 4) is 0 Å². The van der Waals surface area contributed by atoms with Gasteiger partial charge in [0, 0.05) is 18.1 Å². The van der Waals surface area contributed by atoms with E-state index in [1.807, 2.05) is 0 Å². The quantitative estimate of drug-likeness (QED) is 0.647. The van der Waals surface area contributed by atoms with E-state index in [0.717, 1.165) is 11.8 Å². The minimum atomic E-state index is 0.633. The summed E-state index contributed by atoms with van der Waals surface area (Å²) in [6, 6.07) is 1.91. The largest absolute Gasteiger partial charge is 0.317 e. The van der Waals surface area contributed by atoms with Gasteiger partial charge in [-0.25, -0.2) is 0 Å². The topological polar surface area (TPSA) is 36.1 Å². The van der Waals surface area contributed by atoms with Crippen LogP contribution in [0.3, 0.4) is 0 Å². The van der Waals surface area contributed by atoms with Crippen LogP contribution in [0.2, 0.25) is 0 Å². The first-order valence-corrected chi connectivity index (χ1v) is 6.15. The highest BCUT2D eigenvalue weighted by molar-refractivity contribution is 4.96. The van der Waals surface area contributed by atoms with E-state index in [2.05, 4.69) is 50.9 Å². The predicted octanol–water partition coefficient (Wildman–Crippen LogP) is 0.816. The zero-order valence-electron chi connectivity index (χ0n) is 10.8. The Bertz CT molecular complexity index is 168. The van der Waals surface area contributed by atoms with Crippen molar-refractivity contribution in [3.05, 3.63) is 0 Å². The molecule has 0 amide bonds. The summed E-state index contributed by atoms with van der Waals surface area (Å²) in [5.74, 6) is 1.47. The van der Waals surface area contributed by atoms with Gasteiger partial charge in [-0.3, -0.25) is 0 Å². The highest BCUT2D eigenvalue weighted by atomic mass is 15.0. The fourth-order valence-electron chi connectivity index (χ4n) is 3.09. The van der Waals surface area contributed by atoms with E-state index in [-0.39, 0.29) is 0 Å². The molecule has 15 heavy (non-hydrogen) atoms. The summed E-state index contributed by atoms with van der Waals surface area (Å²) in [6.07, 6.45) is 2.49. The highest BCUT2D eigenvalue weighted by Crippen LogP contribution is 2.30. The van der Waals surface area contributed by atoms with Gasteiger partial charge >= 0.3 is 0 Å². The molecule has 0 aromatic carbocycles. The van der Waals surface area contributed by atoms with Gasteiger partial charge in [-0.1, -0.05) is 13.8 Å². The fourth-order valence-corrected chi connectivity index (χ4v) is 3.09. The Morgan fingerprint density at radius 1 is 0.867 bits per heavy atom. The molecule has 1 fully saturated rings. The zero-order valence-corrected chi connectivity index (χ0v) is 10.8. The third-order valence-electron chi connectivity index (χ3n) is 3.93. The molecule has 3 heteroatoms. The van der Waals surface area contributed by atoms with E-state index in [1.165, 1.54) is 12.8 Å². The first kappa shape index (κ1) is 12.9. The van der Waals surface area contributed by atoms with Crippen LogP contribution in [0.4, 0.5) is 0 Å². The van der Waals surface area contributed by atoms with E-state index in [1.54, 1.807) is 0 Å². The maximum atomic E-state index is 3.48. The van der Waals surface area contributed by atoms with Crippen molar-refractivity contribution < 1.29 is 0 Å². The van der Waals surface area contributed by atoms with Gasteiger partial charge in [0.25, 0.3) is 0 Å². The maximum absolute atomic E-state index is 3.48. The molecule has 0 bridgehead atoms. The molecule has 0 aliphatic heterocycles. The van der Waals surface area contributed by atoms with Crippen LogP contribution >= 0.6 is 0 Å². The normalized spacial score (nSPS) is 37.2. The standard InChI is InChI=1S/C12H27N3/c1-8(2)12-10(14-4)6-9(13-3)7-11(12)15-5/h8-15H,6-7H2,1-5H3. The van der Waals surface area contributed by atoms with Crippen LogP contribution in [0.5, 0.6) is 0 Å². The third-order valence-corrected chi connectivity index (χ3v) is 3.93. The molecule has 1 rings (SSSR count). The lowest BCUT2D eigenvalue weighted by molar-refractivity contribution is 0.141. The van der Waals surface area contributed by atoms with Gasteiger partial charge in [0.2, 0.25) is 0 Å². The second-order valence-corrected chi connectivity index (χ2v) is 5.07. The molecule has 1 saturated carbocycles. The molecule has 1 aliphatic rings. The molecule has 0 spiro atoms. The van der Waals surface area contributed by atoms with Crippen LogP contribution in [0.25, 0.3) is 0 Å². The molecule has 0 heterocycles. The monoisotopic (exact) mass is 213 g/mol. The molecule has 90 valence electrons. The van der Waals surface area contributed by atoms with Crippen molar-refractivity contribution in [1.29, 1.82) is 0 Å². The van der Waals surface area contributed by atoms with Crippen molar-refractivity contribution in [2.45, 2.75) is 44.8 Å². The summed E-state index contributed by atoms with van der Waals surface area (Å²) in [6.45, 7) is 4.66. The molecular weight excluding hydrogens is 186 g/mol. The Kier molecular flexibility index (Phi) is 5.03. The second-order valence-electron chi connectivity index (χ2n) is 5.07. The summed E-state index contributed by atoms with van der Waals surface area (Å²) in [5.41, 5.74) is 0. The Labute approximate surface area is 94.4 Å². The minimum Gasteiger partial charge on any atom is -0.317 e. The average Bonchev–Trinajstić information content (AvgIpc) is 2.26. The fraction of sp³-hybridized carbons (Fsp3) is 1.00. The number of rotatable bonds is 4. The molecular formula is C12H27N3. The van der Waals surface area contributed by atoms with E-state index in [0.29, 0.717) is 18.1 Å². The van der Waals surface area contributed by atoms with Gasteiger partial charge in [0.1, 0.15) is 0 Å². The van der Waals surface area contributed by atoms with Crippen molar-refractivity contribution >= 4 is 0 Å². The van der Waals surface area contributed by atoms with Crippen LogP contribution in [0.15, 0.2) is 0 Å². The van der Waals surface area contributed by atoms with Gasteiger partial charge in [0.15, 0.2) is 0 Å². The summed E-state index contributed by atoms with van der Waals surface area (Å²) in [4.78, 5) is 0. The SMILES string of the molecule is CNC1CC(NC)C(C(C)C)C(NC)C1. The summed E-state index contributed by atoms with van der Waals surface area (Å²) in [5, 5.41) is 10.4. The van der Waals surface area contributed by atoms with E-state index in [4.69, 9.17) is 0 Å². The number of hydrogen-bond acceptors (Lipinski definition) is 3. The van der Waals surface area contributed by atoms with E-state index < -0.39 is 0 Å². The first-order chi connectivity index (χ1) is 7.13. The lowest BCUT2D eigenvalue weighted by Gasteiger charge is -2.44. The van der Waals surface area contributed by atoms with Gasteiger partial charge in [-0.2, -0.15) is 0 Å². The predicted molar refractivity (Wildman–Crippen MR) is 66.1 cm³/mol. The smallest absolute Gasteiger partial charge is 0.0124 e. The second kappa shape index (κ2) is 5.83. The Hall–Kier alpha value is -0.120. The third kappa shape index (κ3) is 2.92. The number of nitrogens with one attached hydrogen (secondary N) is 3. The van der Waals surface area contributed by atoms with Gasteiger partial charge in [-0.15, -0.1) is 0 Å². The zero-order chi connectivity index (χ0) is 11.4. The van der Waals surface area contributed by atoms with Crippen molar-refractivity contribution in [2.75, 3.05) is 21.1 Å². The maximum Gasteiger partial charge on any atom is 0.0124 e. The van der Waals surface area contributed by atoms with E-state index in [9.17, 15) is 0 Å². The molecule has 2 unspecified atom stereocenters. The summed E-state index contributed by atoms with van der Waals surface area (Å²) >= 11 is 0. The van der Waals surface area contributed by atoms with Gasteiger partial charge in [-0.05, 0) is 45.8 Å². The molecule has 0 saturated heterocycles. The van der Waals surface area contributed by atoms with Crippen molar-refractivity contribution in [1.82, 2.24) is 16.0 Å². The highest BCUT2D eigenvalue weighted by Gasteiger charge is 2.37. The summed E-state index contributed by atoms with van der Waals surface area (Å²) < 4.78 is 0. The van der Waals surface area contributed by atoms with E-state index >= 15 is 0 Å². The van der Waals surface area contributed by atoms with Crippen molar-refractivity contribution in [3.63, 3.8) is 0 Å². The Morgan fingerprint density at radius 3 is 1.60 bits per heavy atom. The first-order valence-electron chi connectivity index (χ1n) is 6.15. The lowest BCUT2D eigenvalue weighted by Crippen LogP contribution is -2.56. The lowest BCUT2D eigenvalue weighted by atomic mass is 9.72. The van der Waals surface area contributed by atoms with Crippen molar-refractivity contribution in [2.24, 2.45) is 11.8 Å². The Balaban J connectivity index is 2.73. The molecule has 0 aromatic heterocycles. The van der Waals surface area contributed by atoms with Crippen LogP contribution < -0.4 is 16.0 Å². The number of hydrogen-bond donors (Lipinski definition) is 3. The molecule has 2 atom stereocenters. The van der Waals surface area contributed by atoms with Gasteiger partial charge in [0.05, 0.1) is 0 Å². The van der Waals surface area contributed by atoms with Crippen LogP contribution in [-0.4, -0.2) is 39.3 Å². The van der Waals surface area contributed by atoms with Gasteiger partial charge < -0.3 is 16.0 Å². The minimum absolute atomic E-state index is 0.633. The van der Waals surface area contributed by atoms with Crippen LogP contribution in [0.1, 0.15) is 26.7 Å². The molecule has 3 N–H and O–H groups in total. The Morgan fingerprint density at radius 2 is 1.33 bits per heavy atom.